The summed E-state index contributed by atoms with van der Waals surface area (Å²) in [4.78, 5) is 11.2. The molecule has 0 amide bonds. The van der Waals surface area contributed by atoms with Crippen LogP contribution in [0.2, 0.25) is 0 Å². The molecule has 1 aliphatic heterocycles. The minimum atomic E-state index is 0.301. The standard InChI is InChI=1S/C11H17NO/c1-3-8-4-9(7(2)13)5-10(8)11-6-12-11/h3,8-12H,1,4-6H2,2H3. The Bertz CT molecular complexity index is 232. The molecular weight excluding hydrogens is 162 g/mol. The normalized spacial score (nSPS) is 43.2. The van der Waals surface area contributed by atoms with Gasteiger partial charge >= 0.3 is 0 Å². The van der Waals surface area contributed by atoms with Gasteiger partial charge in [0.25, 0.3) is 0 Å². The van der Waals surface area contributed by atoms with Crippen molar-refractivity contribution in [2.75, 3.05) is 6.54 Å². The fraction of sp³-hybridized carbons (Fsp3) is 0.727. The lowest BCUT2D eigenvalue weighted by atomic mass is 9.93. The molecule has 4 atom stereocenters. The second kappa shape index (κ2) is 3.26. The number of nitrogens with one attached hydrogen (secondary N) is 1. The third-order valence-electron chi connectivity index (χ3n) is 3.50. The number of rotatable bonds is 3. The highest BCUT2D eigenvalue weighted by Crippen LogP contribution is 2.41. The molecule has 0 aromatic rings. The molecule has 72 valence electrons. The summed E-state index contributed by atoms with van der Waals surface area (Å²) < 4.78 is 0. The van der Waals surface area contributed by atoms with Crippen molar-refractivity contribution in [2.24, 2.45) is 17.8 Å². The number of hydrogen-bond donors (Lipinski definition) is 1. The van der Waals surface area contributed by atoms with Crippen LogP contribution in [-0.4, -0.2) is 18.4 Å². The monoisotopic (exact) mass is 179 g/mol. The minimum absolute atomic E-state index is 0.301. The maximum Gasteiger partial charge on any atom is 0.132 e. The van der Waals surface area contributed by atoms with Gasteiger partial charge in [-0.25, -0.2) is 0 Å². The molecule has 0 aromatic carbocycles. The van der Waals surface area contributed by atoms with Crippen molar-refractivity contribution in [1.82, 2.24) is 5.32 Å². The Morgan fingerprint density at radius 1 is 1.54 bits per heavy atom. The van der Waals surface area contributed by atoms with Crippen LogP contribution in [0.1, 0.15) is 19.8 Å². The lowest BCUT2D eigenvalue weighted by molar-refractivity contribution is -0.120. The van der Waals surface area contributed by atoms with Crippen LogP contribution in [0.25, 0.3) is 0 Å². The number of Topliss-reactive ketones (excluding diaryl/α,β-unsaturated/α-hetero) is 1. The summed E-state index contributed by atoms with van der Waals surface area (Å²) in [5, 5.41) is 3.34. The Morgan fingerprint density at radius 3 is 2.69 bits per heavy atom. The molecule has 2 heteroatoms. The van der Waals surface area contributed by atoms with E-state index in [9.17, 15) is 4.79 Å². The van der Waals surface area contributed by atoms with E-state index in [4.69, 9.17) is 0 Å². The summed E-state index contributed by atoms with van der Waals surface area (Å²) >= 11 is 0. The van der Waals surface area contributed by atoms with Gasteiger partial charge in [0.2, 0.25) is 0 Å². The minimum Gasteiger partial charge on any atom is -0.311 e. The third-order valence-corrected chi connectivity index (χ3v) is 3.50. The van der Waals surface area contributed by atoms with Crippen LogP contribution in [0.5, 0.6) is 0 Å². The van der Waals surface area contributed by atoms with Crippen LogP contribution in [0.15, 0.2) is 12.7 Å². The van der Waals surface area contributed by atoms with Gasteiger partial charge in [0.1, 0.15) is 5.78 Å². The fourth-order valence-corrected chi connectivity index (χ4v) is 2.54. The SMILES string of the molecule is C=CC1CC(C(C)=O)CC1C1CN1. The maximum absolute atomic E-state index is 11.2. The molecule has 4 unspecified atom stereocenters. The van der Waals surface area contributed by atoms with Gasteiger partial charge in [-0.3, -0.25) is 4.79 Å². The van der Waals surface area contributed by atoms with Crippen LogP contribution >= 0.6 is 0 Å². The molecule has 1 N–H and O–H groups in total. The summed E-state index contributed by atoms with van der Waals surface area (Å²) in [5.41, 5.74) is 0. The topological polar surface area (TPSA) is 39.0 Å². The molecule has 0 aromatic heterocycles. The molecule has 1 saturated carbocycles. The molecule has 0 spiro atoms. The van der Waals surface area contributed by atoms with Crippen molar-refractivity contribution in [2.45, 2.75) is 25.8 Å². The first-order chi connectivity index (χ1) is 6.22. The highest BCUT2D eigenvalue weighted by Gasteiger charge is 2.42. The van der Waals surface area contributed by atoms with Gasteiger partial charge in [0, 0.05) is 18.5 Å². The average Bonchev–Trinajstić information content (AvgIpc) is 2.84. The van der Waals surface area contributed by atoms with E-state index < -0.39 is 0 Å². The van der Waals surface area contributed by atoms with Crippen molar-refractivity contribution >= 4 is 5.78 Å². The van der Waals surface area contributed by atoms with E-state index in [1.54, 1.807) is 6.92 Å². The second-order valence-electron chi connectivity index (χ2n) is 4.36. The van der Waals surface area contributed by atoms with E-state index >= 15 is 0 Å². The molecule has 2 aliphatic rings. The van der Waals surface area contributed by atoms with Gasteiger partial charge < -0.3 is 5.32 Å². The Balaban J connectivity index is 2.02. The first-order valence-electron chi connectivity index (χ1n) is 5.08. The molecule has 2 fully saturated rings. The van der Waals surface area contributed by atoms with E-state index in [0.29, 0.717) is 29.6 Å². The number of allylic oxidation sites excluding steroid dienone is 1. The molecule has 13 heavy (non-hydrogen) atoms. The molecule has 0 bridgehead atoms. The molecule has 2 nitrogen and oxygen atoms in total. The lowest BCUT2D eigenvalue weighted by Crippen LogP contribution is -2.14. The molecule has 0 radical (unpaired) electrons. The zero-order valence-corrected chi connectivity index (χ0v) is 8.12. The first kappa shape index (κ1) is 8.95. The van der Waals surface area contributed by atoms with E-state index in [1.807, 2.05) is 6.08 Å². The van der Waals surface area contributed by atoms with Gasteiger partial charge in [0.15, 0.2) is 0 Å². The molecule has 1 aliphatic carbocycles. The Kier molecular flexibility index (Phi) is 2.24. The summed E-state index contributed by atoms with van der Waals surface area (Å²) in [6.07, 6.45) is 4.14. The van der Waals surface area contributed by atoms with E-state index in [0.717, 1.165) is 19.4 Å². The van der Waals surface area contributed by atoms with Crippen molar-refractivity contribution in [1.29, 1.82) is 0 Å². The fourth-order valence-electron chi connectivity index (χ4n) is 2.54. The molecule has 1 saturated heterocycles. The molecular formula is C11H17NO. The number of carbonyl (C=O) groups excluding carboxylic acids is 1. The average molecular weight is 179 g/mol. The number of hydrogen-bond acceptors (Lipinski definition) is 2. The van der Waals surface area contributed by atoms with Crippen molar-refractivity contribution in [3.05, 3.63) is 12.7 Å². The van der Waals surface area contributed by atoms with Crippen molar-refractivity contribution in [3.8, 4) is 0 Å². The van der Waals surface area contributed by atoms with Gasteiger partial charge in [-0.1, -0.05) is 6.08 Å². The first-order valence-corrected chi connectivity index (χ1v) is 5.08. The van der Waals surface area contributed by atoms with Crippen LogP contribution < -0.4 is 5.32 Å². The van der Waals surface area contributed by atoms with E-state index in [2.05, 4.69) is 11.9 Å². The van der Waals surface area contributed by atoms with Crippen LogP contribution in [0.4, 0.5) is 0 Å². The van der Waals surface area contributed by atoms with Crippen LogP contribution in [0, 0.1) is 17.8 Å². The van der Waals surface area contributed by atoms with Crippen LogP contribution in [0.3, 0.4) is 0 Å². The lowest BCUT2D eigenvalue weighted by Gasteiger charge is -2.12. The van der Waals surface area contributed by atoms with Crippen molar-refractivity contribution in [3.63, 3.8) is 0 Å². The predicted molar refractivity (Wildman–Crippen MR) is 52.4 cm³/mol. The van der Waals surface area contributed by atoms with Crippen LogP contribution in [-0.2, 0) is 4.79 Å². The number of ketones is 1. The summed E-state index contributed by atoms with van der Waals surface area (Å²) in [6, 6.07) is 0.673. The zero-order chi connectivity index (χ0) is 9.42. The summed E-state index contributed by atoms with van der Waals surface area (Å²) in [6.45, 7) is 6.71. The van der Waals surface area contributed by atoms with E-state index in [-0.39, 0.29) is 0 Å². The van der Waals surface area contributed by atoms with Crippen molar-refractivity contribution < 1.29 is 4.79 Å². The summed E-state index contributed by atoms with van der Waals surface area (Å²) in [5.74, 6) is 1.89. The quantitative estimate of drug-likeness (QED) is 0.525. The Morgan fingerprint density at radius 2 is 2.23 bits per heavy atom. The largest absolute Gasteiger partial charge is 0.311 e. The van der Waals surface area contributed by atoms with Gasteiger partial charge in [-0.15, -0.1) is 6.58 Å². The Labute approximate surface area is 79.4 Å². The summed E-state index contributed by atoms with van der Waals surface area (Å²) in [7, 11) is 0. The molecule has 1 heterocycles. The van der Waals surface area contributed by atoms with E-state index in [1.165, 1.54) is 0 Å². The second-order valence-corrected chi connectivity index (χ2v) is 4.36. The smallest absolute Gasteiger partial charge is 0.132 e. The third kappa shape index (κ3) is 1.68. The highest BCUT2D eigenvalue weighted by molar-refractivity contribution is 5.78. The van der Waals surface area contributed by atoms with Gasteiger partial charge in [-0.05, 0) is 31.6 Å². The maximum atomic E-state index is 11.2. The zero-order valence-electron chi connectivity index (χ0n) is 8.12. The van der Waals surface area contributed by atoms with Gasteiger partial charge in [-0.2, -0.15) is 0 Å². The van der Waals surface area contributed by atoms with Gasteiger partial charge in [0.05, 0.1) is 0 Å². The molecule has 2 rings (SSSR count). The number of carbonyl (C=O) groups is 1. The Hall–Kier alpha value is -0.630. The highest BCUT2D eigenvalue weighted by atomic mass is 16.1. The predicted octanol–water partition coefficient (Wildman–Crippen LogP) is 1.38.